The lowest BCUT2D eigenvalue weighted by atomic mass is 9.68. The molecule has 1 aliphatic carbocycles. The van der Waals surface area contributed by atoms with Crippen molar-refractivity contribution in [3.05, 3.63) is 53.1 Å². The first-order chi connectivity index (χ1) is 13.1. The quantitative estimate of drug-likeness (QED) is 0.457. The maximum Gasteiger partial charge on any atom is 0.166 e. The number of hydrogen-bond donors (Lipinski definition) is 1. The number of methoxy groups -OCH3 is 1. The molecule has 0 heterocycles. The van der Waals surface area contributed by atoms with Crippen LogP contribution in [-0.4, -0.2) is 18.4 Å². The minimum atomic E-state index is -0.935. The van der Waals surface area contributed by atoms with Gasteiger partial charge in [-0.05, 0) is 72.6 Å². The Balaban J connectivity index is 2.77. The molecular formula is C25H37NO3. The van der Waals surface area contributed by atoms with E-state index in [1.165, 1.54) is 0 Å². The fourth-order valence-electron chi connectivity index (χ4n) is 3.25. The number of ether oxygens (including phenoxy) is 1. The molecule has 29 heavy (non-hydrogen) atoms. The van der Waals surface area contributed by atoms with Crippen molar-refractivity contribution in [2.24, 2.45) is 10.8 Å². The molecule has 0 saturated carbocycles. The molecule has 2 rings (SSSR count). The van der Waals surface area contributed by atoms with Crippen LogP contribution in [0.25, 0.3) is 0 Å². The van der Waals surface area contributed by atoms with Crippen LogP contribution in [0.3, 0.4) is 0 Å². The molecule has 0 fully saturated rings. The normalized spacial score (nSPS) is 21.0. The minimum absolute atomic E-state index is 0.218. The largest absolute Gasteiger partial charge is 0.497 e. The van der Waals surface area contributed by atoms with Crippen LogP contribution in [0.2, 0.25) is 0 Å². The Kier molecular flexibility index (Phi) is 6.23. The second-order valence-electron chi connectivity index (χ2n) is 10.8. The second kappa shape index (κ2) is 7.73. The summed E-state index contributed by atoms with van der Waals surface area (Å²) in [6.07, 6.45) is 4.08. The summed E-state index contributed by atoms with van der Waals surface area (Å²) in [4.78, 5) is 12.1. The zero-order valence-corrected chi connectivity index (χ0v) is 19.7. The van der Waals surface area contributed by atoms with Crippen LogP contribution in [0.15, 0.2) is 47.6 Å². The molecule has 0 atom stereocenters. The molecule has 1 aromatic rings. The van der Waals surface area contributed by atoms with E-state index in [4.69, 9.17) is 19.9 Å². The first-order valence-corrected chi connectivity index (χ1v) is 10.2. The van der Waals surface area contributed by atoms with E-state index in [2.05, 4.69) is 41.5 Å². The monoisotopic (exact) mass is 399 g/mol. The van der Waals surface area contributed by atoms with Crippen molar-refractivity contribution in [2.45, 2.75) is 73.5 Å². The molecule has 0 aliphatic heterocycles. The van der Waals surface area contributed by atoms with Gasteiger partial charge in [0, 0.05) is 0 Å². The second-order valence-corrected chi connectivity index (χ2v) is 10.8. The average molecular weight is 400 g/mol. The minimum Gasteiger partial charge on any atom is -0.497 e. The van der Waals surface area contributed by atoms with Gasteiger partial charge in [-0.2, -0.15) is 0 Å². The van der Waals surface area contributed by atoms with Crippen LogP contribution in [-0.2, 0) is 15.4 Å². The van der Waals surface area contributed by atoms with Gasteiger partial charge in [0.2, 0.25) is 0 Å². The first-order valence-electron chi connectivity index (χ1n) is 10.2. The number of allylic oxidation sites excluding steroid dienone is 2. The highest BCUT2D eigenvalue weighted by Gasteiger charge is 2.42. The van der Waals surface area contributed by atoms with Gasteiger partial charge >= 0.3 is 0 Å². The zero-order chi connectivity index (χ0) is 22.3. The number of nitrogens with one attached hydrogen (secondary N) is 1. The molecule has 0 radical (unpaired) electrons. The summed E-state index contributed by atoms with van der Waals surface area (Å²) >= 11 is 0. The van der Waals surface area contributed by atoms with Crippen molar-refractivity contribution in [1.82, 2.24) is 0 Å². The first kappa shape index (κ1) is 23.4. The highest BCUT2D eigenvalue weighted by Crippen LogP contribution is 2.46. The molecule has 0 unspecified atom stereocenters. The smallest absolute Gasteiger partial charge is 0.166 e. The van der Waals surface area contributed by atoms with Gasteiger partial charge in [-0.1, -0.05) is 53.7 Å². The predicted octanol–water partition coefficient (Wildman–Crippen LogP) is 6.62. The van der Waals surface area contributed by atoms with E-state index in [9.17, 15) is 0 Å². The van der Waals surface area contributed by atoms with Gasteiger partial charge in [0.15, 0.2) is 5.60 Å². The molecule has 0 saturated heterocycles. The molecule has 0 amide bonds. The number of rotatable bonds is 4. The summed E-state index contributed by atoms with van der Waals surface area (Å²) in [6, 6.07) is 7.83. The van der Waals surface area contributed by atoms with Crippen LogP contribution >= 0.6 is 0 Å². The third-order valence-electron chi connectivity index (χ3n) is 4.84. The Morgan fingerprint density at radius 3 is 1.55 bits per heavy atom. The van der Waals surface area contributed by atoms with Crippen molar-refractivity contribution in [2.75, 3.05) is 7.11 Å². The van der Waals surface area contributed by atoms with Crippen LogP contribution in [0.5, 0.6) is 5.75 Å². The number of benzene rings is 1. The Morgan fingerprint density at radius 1 is 0.759 bits per heavy atom. The Hall–Kier alpha value is -1.91. The van der Waals surface area contributed by atoms with Crippen molar-refractivity contribution < 1.29 is 14.5 Å². The number of hydrogen-bond acceptors (Lipinski definition) is 4. The molecular weight excluding hydrogens is 362 g/mol. The molecule has 0 bridgehead atoms. The van der Waals surface area contributed by atoms with Crippen LogP contribution in [0.4, 0.5) is 0 Å². The Labute approximate surface area is 176 Å². The molecule has 4 nitrogen and oxygen atoms in total. The highest BCUT2D eigenvalue weighted by atomic mass is 17.2. The summed E-state index contributed by atoms with van der Waals surface area (Å²) in [5, 5.41) is 8.92. The highest BCUT2D eigenvalue weighted by molar-refractivity contribution is 6.13. The van der Waals surface area contributed by atoms with E-state index in [1.807, 2.05) is 57.2 Å². The maximum absolute atomic E-state index is 8.92. The lowest BCUT2D eigenvalue weighted by Gasteiger charge is -2.40. The topological polar surface area (TPSA) is 51.5 Å². The Bertz CT molecular complexity index is 776. The van der Waals surface area contributed by atoms with Gasteiger partial charge in [-0.25, -0.2) is 9.78 Å². The summed E-state index contributed by atoms with van der Waals surface area (Å²) in [7, 11) is 1.65. The summed E-state index contributed by atoms with van der Waals surface area (Å²) < 4.78 is 5.33. The van der Waals surface area contributed by atoms with Gasteiger partial charge in [-0.15, -0.1) is 0 Å². The van der Waals surface area contributed by atoms with Gasteiger partial charge in [0.1, 0.15) is 5.75 Å². The van der Waals surface area contributed by atoms with Crippen LogP contribution < -0.4 is 4.74 Å². The summed E-state index contributed by atoms with van der Waals surface area (Å²) in [5.41, 5.74) is 1.53. The SMILES string of the molecule is COc1ccc(C2(OOC(C)(C)C)C=C(C(C)(C)C)C(=N)C(C(C)(C)C)=C2)cc1. The summed E-state index contributed by atoms with van der Waals surface area (Å²) in [6.45, 7) is 18.6. The third-order valence-corrected chi connectivity index (χ3v) is 4.84. The van der Waals surface area contributed by atoms with Gasteiger partial charge < -0.3 is 10.1 Å². The van der Waals surface area contributed by atoms with E-state index < -0.39 is 11.2 Å². The van der Waals surface area contributed by atoms with Crippen molar-refractivity contribution in [1.29, 1.82) is 5.41 Å². The fourth-order valence-corrected chi connectivity index (χ4v) is 3.25. The standard InChI is InChI=1S/C25H37NO3/c1-22(2,3)19-15-25(29-28-24(7,8)9,16-20(21(19)26)23(4,5)6)17-11-13-18(27-10)14-12-17/h11-16,26H,1-10H3. The molecule has 0 aromatic heterocycles. The van der Waals surface area contributed by atoms with Crippen molar-refractivity contribution in [3.63, 3.8) is 0 Å². The summed E-state index contributed by atoms with van der Waals surface area (Å²) in [5.74, 6) is 0.782. The lowest BCUT2D eigenvalue weighted by Crippen LogP contribution is -2.38. The van der Waals surface area contributed by atoms with Crippen LogP contribution in [0.1, 0.15) is 67.9 Å². The van der Waals surface area contributed by atoms with E-state index in [0.29, 0.717) is 5.71 Å². The molecule has 160 valence electrons. The van der Waals surface area contributed by atoms with Crippen molar-refractivity contribution in [3.8, 4) is 5.75 Å². The molecule has 1 aliphatic rings. The van der Waals surface area contributed by atoms with E-state index >= 15 is 0 Å². The lowest BCUT2D eigenvalue weighted by molar-refractivity contribution is -0.388. The maximum atomic E-state index is 8.92. The van der Waals surface area contributed by atoms with Gasteiger partial charge in [-0.3, -0.25) is 0 Å². The third kappa shape index (κ3) is 5.37. The van der Waals surface area contributed by atoms with E-state index in [0.717, 1.165) is 22.5 Å². The fraction of sp³-hybridized carbons (Fsp3) is 0.560. The average Bonchev–Trinajstić information content (AvgIpc) is 2.58. The molecule has 4 heteroatoms. The van der Waals surface area contributed by atoms with Crippen LogP contribution in [0, 0.1) is 16.2 Å². The van der Waals surface area contributed by atoms with Gasteiger partial charge in [0.25, 0.3) is 0 Å². The van der Waals surface area contributed by atoms with Gasteiger partial charge in [0.05, 0.1) is 18.4 Å². The van der Waals surface area contributed by atoms with Crippen molar-refractivity contribution >= 4 is 5.71 Å². The predicted molar refractivity (Wildman–Crippen MR) is 119 cm³/mol. The molecule has 1 aromatic carbocycles. The Morgan fingerprint density at radius 2 is 1.21 bits per heavy atom. The van der Waals surface area contributed by atoms with E-state index in [-0.39, 0.29) is 10.8 Å². The molecule has 1 N–H and O–H groups in total. The van der Waals surface area contributed by atoms with E-state index in [1.54, 1.807) is 7.11 Å². The molecule has 0 spiro atoms. The zero-order valence-electron chi connectivity index (χ0n) is 19.7.